The first-order chi connectivity index (χ1) is 17.7. The predicted octanol–water partition coefficient (Wildman–Crippen LogP) is 9.75. The van der Waals surface area contributed by atoms with E-state index in [0.29, 0.717) is 17.4 Å². The third-order valence-electron chi connectivity index (χ3n) is 6.14. The van der Waals surface area contributed by atoms with Gasteiger partial charge < -0.3 is 9.47 Å². The molecule has 0 fully saturated rings. The van der Waals surface area contributed by atoms with E-state index in [1.807, 2.05) is 42.5 Å². The van der Waals surface area contributed by atoms with E-state index >= 15 is 0 Å². The molecular formula is C30H29ClO3S3. The maximum absolute atomic E-state index is 12.8. The van der Waals surface area contributed by atoms with Crippen LogP contribution in [0.5, 0.6) is 11.5 Å². The number of ether oxygens (including phenoxy) is 2. The molecule has 0 bridgehead atoms. The molecule has 0 saturated heterocycles. The first-order valence-electron chi connectivity index (χ1n) is 12.2. The van der Waals surface area contributed by atoms with Crippen LogP contribution < -0.4 is 9.47 Å². The van der Waals surface area contributed by atoms with Crippen LogP contribution in [0.3, 0.4) is 0 Å². The number of esters is 1. The Morgan fingerprint density at radius 1 is 0.946 bits per heavy atom. The second kappa shape index (κ2) is 12.4. The van der Waals surface area contributed by atoms with Gasteiger partial charge in [0.2, 0.25) is 5.60 Å². The van der Waals surface area contributed by atoms with Gasteiger partial charge in [-0.25, -0.2) is 4.79 Å². The third-order valence-corrected chi connectivity index (χ3v) is 9.30. The van der Waals surface area contributed by atoms with E-state index in [2.05, 4.69) is 31.2 Å². The van der Waals surface area contributed by atoms with Crippen LogP contribution in [0.2, 0.25) is 5.02 Å². The van der Waals surface area contributed by atoms with Crippen LogP contribution in [0.25, 0.3) is 10.4 Å². The van der Waals surface area contributed by atoms with Crippen LogP contribution in [0.1, 0.15) is 50.7 Å². The highest BCUT2D eigenvalue weighted by molar-refractivity contribution is 7.80. The van der Waals surface area contributed by atoms with Gasteiger partial charge in [-0.3, -0.25) is 0 Å². The average Bonchev–Trinajstić information content (AvgIpc) is 3.32. The number of aryl methyl sites for hydroxylation is 1. The second-order valence-electron chi connectivity index (χ2n) is 9.51. The highest BCUT2D eigenvalue weighted by Crippen LogP contribution is 2.31. The van der Waals surface area contributed by atoms with Gasteiger partial charge in [0.1, 0.15) is 15.3 Å². The quantitative estimate of drug-likeness (QED) is 0.0825. The van der Waals surface area contributed by atoms with Crippen molar-refractivity contribution in [3.8, 4) is 21.9 Å². The highest BCUT2D eigenvalue weighted by atomic mass is 35.5. The van der Waals surface area contributed by atoms with E-state index in [1.54, 1.807) is 46.7 Å². The van der Waals surface area contributed by atoms with Crippen LogP contribution in [0, 0.1) is 3.82 Å². The normalized spacial score (nSPS) is 12.2. The van der Waals surface area contributed by atoms with Crippen molar-refractivity contribution in [1.29, 1.82) is 0 Å². The van der Waals surface area contributed by atoms with Crippen molar-refractivity contribution >= 4 is 50.5 Å². The van der Waals surface area contributed by atoms with Crippen LogP contribution in [-0.4, -0.2) is 11.6 Å². The number of halogens is 1. The van der Waals surface area contributed by atoms with E-state index in [-0.39, 0.29) is 0 Å². The molecule has 3 nitrogen and oxygen atoms in total. The minimum absolute atomic E-state index is 0.452. The summed E-state index contributed by atoms with van der Waals surface area (Å²) < 4.78 is 12.5. The molecule has 4 rings (SSSR count). The molecule has 0 N–H and O–H groups in total. The fourth-order valence-electron chi connectivity index (χ4n) is 3.92. The van der Waals surface area contributed by atoms with Gasteiger partial charge >= 0.3 is 5.97 Å². The summed E-state index contributed by atoms with van der Waals surface area (Å²) in [6.07, 6.45) is 3.17. The van der Waals surface area contributed by atoms with Crippen molar-refractivity contribution in [3.05, 3.63) is 98.8 Å². The third kappa shape index (κ3) is 7.74. The molecule has 0 spiro atoms. The lowest BCUT2D eigenvalue weighted by atomic mass is 9.94. The largest absolute Gasteiger partial charge is 0.476 e. The van der Waals surface area contributed by atoms with Gasteiger partial charge in [0.25, 0.3) is 0 Å². The summed E-state index contributed by atoms with van der Waals surface area (Å²) in [5, 5.41) is 0.769. The van der Waals surface area contributed by atoms with Gasteiger partial charge in [-0.1, -0.05) is 75.7 Å². The summed E-state index contributed by atoms with van der Waals surface area (Å²) in [7, 11) is 3.21. The molecule has 4 aromatic rings. The molecule has 0 amide bonds. The molecule has 37 heavy (non-hydrogen) atoms. The predicted molar refractivity (Wildman–Crippen MR) is 158 cm³/mol. The molecule has 3 aromatic carbocycles. The first kappa shape index (κ1) is 27.5. The van der Waals surface area contributed by atoms with Crippen molar-refractivity contribution in [2.24, 2.45) is 0 Å². The molecule has 1 unspecified atom stereocenters. The highest BCUT2D eigenvalue weighted by Gasteiger charge is 2.32. The molecule has 0 aliphatic heterocycles. The molecule has 1 aromatic heterocycles. The Morgan fingerprint density at radius 2 is 1.59 bits per heavy atom. The van der Waals surface area contributed by atoms with Gasteiger partial charge in [0.15, 0.2) is 0 Å². The molecule has 7 heteroatoms. The molecule has 1 heterocycles. The molecule has 1 atom stereocenters. The average molecular weight is 569 g/mol. The Morgan fingerprint density at radius 3 is 2.22 bits per heavy atom. The lowest BCUT2D eigenvalue weighted by Crippen LogP contribution is -2.41. The summed E-state index contributed by atoms with van der Waals surface area (Å²) in [5.41, 5.74) is 2.46. The summed E-state index contributed by atoms with van der Waals surface area (Å²) in [6, 6.07) is 25.5. The van der Waals surface area contributed by atoms with Gasteiger partial charge in [0.05, 0.1) is 0 Å². The molecular weight excluding hydrogens is 540 g/mol. The van der Waals surface area contributed by atoms with E-state index in [9.17, 15) is 4.79 Å². The number of hydrogen-bond acceptors (Lipinski definition) is 6. The zero-order valence-electron chi connectivity index (χ0n) is 21.0. The molecule has 192 valence electrons. The minimum Gasteiger partial charge on any atom is -0.476 e. The number of carbonyl (C=O) groups is 1. The second-order valence-corrected chi connectivity index (χ2v) is 12.9. The zero-order chi connectivity index (χ0) is 26.4. The standard InChI is InChI=1S/C30H29ClO3S3/c1-20(22-9-13-24(31)14-10-22)5-4-6-21-7-15-26(16-8-21)34-30(2,3)29(32)33-25-17-11-23(12-18-25)27-19-28(35)37-36-27/h7-20H,4-6H2,1-3H3. The zero-order valence-corrected chi connectivity index (χ0v) is 24.2. The molecule has 0 aliphatic carbocycles. The number of carbonyl (C=O) groups excluding carboxylic acids is 1. The van der Waals surface area contributed by atoms with Crippen molar-refractivity contribution in [3.63, 3.8) is 0 Å². The van der Waals surface area contributed by atoms with Crippen LogP contribution in [0.15, 0.2) is 78.9 Å². The van der Waals surface area contributed by atoms with Crippen LogP contribution >= 0.6 is 44.5 Å². The Balaban J connectivity index is 1.27. The summed E-state index contributed by atoms with van der Waals surface area (Å²) in [4.78, 5) is 13.9. The van der Waals surface area contributed by atoms with Crippen LogP contribution in [0.4, 0.5) is 0 Å². The maximum atomic E-state index is 12.8. The van der Waals surface area contributed by atoms with Crippen molar-refractivity contribution in [2.75, 3.05) is 0 Å². The fourth-order valence-corrected chi connectivity index (χ4v) is 6.45. The van der Waals surface area contributed by atoms with Gasteiger partial charge in [-0.2, -0.15) is 0 Å². The SMILES string of the molecule is CC(CCCc1ccc(OC(C)(C)C(=O)Oc2ccc(-c3cc(=S)ss3)cc2)cc1)c1ccc(Cl)cc1. The van der Waals surface area contributed by atoms with Crippen molar-refractivity contribution < 1.29 is 14.3 Å². The Bertz CT molecular complexity index is 1370. The van der Waals surface area contributed by atoms with E-state index in [4.69, 9.17) is 33.3 Å². The van der Waals surface area contributed by atoms with Gasteiger partial charge in [-0.15, -0.1) is 0 Å². The number of benzene rings is 3. The van der Waals surface area contributed by atoms with Gasteiger partial charge in [0, 0.05) is 9.90 Å². The molecule has 0 aliphatic rings. The monoisotopic (exact) mass is 568 g/mol. The Labute approximate surface area is 236 Å². The summed E-state index contributed by atoms with van der Waals surface area (Å²) in [5.74, 6) is 1.15. The molecule has 0 saturated carbocycles. The lowest BCUT2D eigenvalue weighted by molar-refractivity contribution is -0.149. The Kier molecular flexibility index (Phi) is 9.19. The summed E-state index contributed by atoms with van der Waals surface area (Å²) in [6.45, 7) is 5.68. The van der Waals surface area contributed by atoms with Crippen LogP contribution in [-0.2, 0) is 11.2 Å². The summed E-state index contributed by atoms with van der Waals surface area (Å²) >= 11 is 11.2. The molecule has 0 radical (unpaired) electrons. The van der Waals surface area contributed by atoms with E-state index < -0.39 is 11.6 Å². The number of hydrogen-bond donors (Lipinski definition) is 0. The number of rotatable bonds is 10. The Hall–Kier alpha value is -2.51. The van der Waals surface area contributed by atoms with Crippen molar-refractivity contribution in [1.82, 2.24) is 0 Å². The topological polar surface area (TPSA) is 35.5 Å². The van der Waals surface area contributed by atoms with Crippen molar-refractivity contribution in [2.45, 2.75) is 51.6 Å². The first-order valence-corrected chi connectivity index (χ1v) is 15.1. The van der Waals surface area contributed by atoms with E-state index in [0.717, 1.165) is 38.5 Å². The van der Waals surface area contributed by atoms with Gasteiger partial charge in [-0.05, 0) is 110 Å². The maximum Gasteiger partial charge on any atom is 0.355 e. The minimum atomic E-state index is -1.14. The smallest absolute Gasteiger partial charge is 0.355 e. The van der Waals surface area contributed by atoms with E-state index in [1.165, 1.54) is 11.1 Å². The fraction of sp³-hybridized carbons (Fsp3) is 0.267. The lowest BCUT2D eigenvalue weighted by Gasteiger charge is -2.24.